The molecular weight excluding hydrogens is 284 g/mol. The molecule has 0 aliphatic rings. The van der Waals surface area contributed by atoms with Crippen LogP contribution in [0.3, 0.4) is 0 Å². The molecule has 20 heavy (non-hydrogen) atoms. The van der Waals surface area contributed by atoms with Crippen LogP contribution in [-0.2, 0) is 9.53 Å². The summed E-state index contributed by atoms with van der Waals surface area (Å²) >= 11 is 0. The maximum absolute atomic E-state index is 13.5. The highest BCUT2D eigenvalue weighted by Crippen LogP contribution is 2.26. The summed E-state index contributed by atoms with van der Waals surface area (Å²) in [6, 6.07) is 3.86. The number of halogens is 4. The lowest BCUT2D eigenvalue weighted by Gasteiger charge is -2.15. The van der Waals surface area contributed by atoms with Crippen molar-refractivity contribution in [2.45, 2.75) is 25.6 Å². The minimum absolute atomic E-state index is 0.0513. The highest BCUT2D eigenvalue weighted by Gasteiger charge is 2.32. The molecule has 1 rings (SSSR count). The Hall–Kier alpha value is -1.83. The van der Waals surface area contributed by atoms with Crippen molar-refractivity contribution in [3.63, 3.8) is 0 Å². The van der Waals surface area contributed by atoms with Crippen molar-refractivity contribution in [2.75, 3.05) is 6.61 Å². The molecule has 112 valence electrons. The first-order valence-electron chi connectivity index (χ1n) is 5.59. The molecule has 0 aliphatic carbocycles. The number of benzene rings is 1. The summed E-state index contributed by atoms with van der Waals surface area (Å²) in [5.74, 6) is -1.75. The Bertz CT molecular complexity index is 444. The smallest absolute Gasteiger partial charge is 0.464 e. The zero-order valence-electron chi connectivity index (χ0n) is 10.4. The summed E-state index contributed by atoms with van der Waals surface area (Å²) in [4.78, 5) is 11.1. The van der Waals surface area contributed by atoms with Gasteiger partial charge in [0, 0.05) is 0 Å². The molecule has 1 aromatic rings. The maximum atomic E-state index is 13.5. The van der Waals surface area contributed by atoms with E-state index in [1.807, 2.05) is 0 Å². The lowest BCUT2D eigenvalue weighted by Crippen LogP contribution is -2.26. The maximum Gasteiger partial charge on any atom is 0.573 e. The van der Waals surface area contributed by atoms with Crippen LogP contribution in [0, 0.1) is 0 Å². The van der Waals surface area contributed by atoms with Crippen molar-refractivity contribution in [1.29, 1.82) is 0 Å². The van der Waals surface area contributed by atoms with Crippen LogP contribution >= 0.6 is 0 Å². The Balaban J connectivity index is 2.75. The average molecular weight is 296 g/mol. The zero-order chi connectivity index (χ0) is 15.3. The van der Waals surface area contributed by atoms with Gasteiger partial charge in [0.05, 0.1) is 6.61 Å². The summed E-state index contributed by atoms with van der Waals surface area (Å²) in [6.07, 6.45) is -8.98. The van der Waals surface area contributed by atoms with Crippen molar-refractivity contribution in [1.82, 2.24) is 0 Å². The fourth-order valence-corrected chi connectivity index (χ4v) is 1.39. The Morgan fingerprint density at radius 1 is 1.30 bits per heavy atom. The molecule has 0 amide bonds. The van der Waals surface area contributed by atoms with E-state index in [1.54, 1.807) is 0 Å². The SMILES string of the molecule is CCOC(=O)C(F)C(O)c1ccc(OC(F)(F)F)cc1. The molecule has 0 saturated heterocycles. The number of carbonyl (C=O) groups is 1. The van der Waals surface area contributed by atoms with Crippen molar-refractivity contribution in [3.8, 4) is 5.75 Å². The number of ether oxygens (including phenoxy) is 2. The van der Waals surface area contributed by atoms with Crippen molar-refractivity contribution < 1.29 is 36.9 Å². The van der Waals surface area contributed by atoms with E-state index >= 15 is 0 Å². The molecule has 0 aromatic heterocycles. The first kappa shape index (κ1) is 16.2. The van der Waals surface area contributed by atoms with Gasteiger partial charge in [-0.1, -0.05) is 12.1 Å². The molecule has 1 aromatic carbocycles. The first-order chi connectivity index (χ1) is 9.24. The molecule has 1 N–H and O–H groups in total. The van der Waals surface area contributed by atoms with Gasteiger partial charge in [0.25, 0.3) is 0 Å². The topological polar surface area (TPSA) is 55.8 Å². The van der Waals surface area contributed by atoms with Gasteiger partial charge in [-0.15, -0.1) is 13.2 Å². The van der Waals surface area contributed by atoms with Crippen LogP contribution in [0.1, 0.15) is 18.6 Å². The molecule has 4 nitrogen and oxygen atoms in total. The highest BCUT2D eigenvalue weighted by molar-refractivity contribution is 5.75. The van der Waals surface area contributed by atoms with Gasteiger partial charge in [-0.3, -0.25) is 0 Å². The third kappa shape index (κ3) is 4.69. The minimum Gasteiger partial charge on any atom is -0.464 e. The molecule has 0 heterocycles. The molecule has 0 spiro atoms. The average Bonchev–Trinajstić information content (AvgIpc) is 2.36. The zero-order valence-corrected chi connectivity index (χ0v) is 10.4. The molecular formula is C12H12F4O4. The van der Waals surface area contributed by atoms with Gasteiger partial charge in [-0.05, 0) is 24.6 Å². The van der Waals surface area contributed by atoms with Crippen molar-refractivity contribution in [2.24, 2.45) is 0 Å². The Morgan fingerprint density at radius 2 is 1.85 bits per heavy atom. The second-order valence-corrected chi connectivity index (χ2v) is 3.72. The van der Waals surface area contributed by atoms with Crippen molar-refractivity contribution >= 4 is 5.97 Å². The lowest BCUT2D eigenvalue weighted by molar-refractivity contribution is -0.274. The number of carbonyl (C=O) groups excluding carboxylic acids is 1. The van der Waals surface area contributed by atoms with Gasteiger partial charge in [-0.2, -0.15) is 0 Å². The molecule has 2 unspecified atom stereocenters. The standard InChI is InChI=1S/C12H12F4O4/c1-2-19-11(18)9(13)10(17)7-3-5-8(6-4-7)20-12(14,15)16/h3-6,9-10,17H,2H2,1H3. The fourth-order valence-electron chi connectivity index (χ4n) is 1.39. The summed E-state index contributed by atoms with van der Waals surface area (Å²) in [6.45, 7) is 1.42. The number of alkyl halides is 4. The van der Waals surface area contributed by atoms with Gasteiger partial charge in [0.1, 0.15) is 11.9 Å². The monoisotopic (exact) mass is 296 g/mol. The van der Waals surface area contributed by atoms with E-state index in [2.05, 4.69) is 9.47 Å². The summed E-state index contributed by atoms with van der Waals surface area (Å²) < 4.78 is 57.3. The van der Waals surface area contributed by atoms with E-state index in [-0.39, 0.29) is 12.2 Å². The molecule has 0 aliphatic heterocycles. The minimum atomic E-state index is -4.84. The number of aliphatic hydroxyl groups excluding tert-OH is 1. The number of aliphatic hydroxyl groups is 1. The molecule has 2 atom stereocenters. The molecule has 0 radical (unpaired) electrons. The van der Waals surface area contributed by atoms with Crippen LogP contribution in [-0.4, -0.2) is 30.2 Å². The number of hydrogen-bond donors (Lipinski definition) is 1. The summed E-state index contributed by atoms with van der Waals surface area (Å²) in [5.41, 5.74) is -0.0694. The second kappa shape index (κ2) is 6.56. The van der Waals surface area contributed by atoms with E-state index < -0.39 is 30.4 Å². The predicted octanol–water partition coefficient (Wildman–Crippen LogP) is 2.52. The Kier molecular flexibility index (Phi) is 5.32. The van der Waals surface area contributed by atoms with Gasteiger partial charge in [-0.25, -0.2) is 9.18 Å². The van der Waals surface area contributed by atoms with Crippen LogP contribution in [0.25, 0.3) is 0 Å². The van der Waals surface area contributed by atoms with Crippen LogP contribution in [0.15, 0.2) is 24.3 Å². The quantitative estimate of drug-likeness (QED) is 0.670. The van der Waals surface area contributed by atoms with E-state index in [1.165, 1.54) is 6.92 Å². The molecule has 0 fully saturated rings. The predicted molar refractivity (Wildman–Crippen MR) is 59.6 cm³/mol. The van der Waals surface area contributed by atoms with Crippen LogP contribution in [0.2, 0.25) is 0 Å². The van der Waals surface area contributed by atoms with Crippen molar-refractivity contribution in [3.05, 3.63) is 29.8 Å². The fraction of sp³-hybridized carbons (Fsp3) is 0.417. The van der Waals surface area contributed by atoms with Gasteiger partial charge in [0.2, 0.25) is 6.17 Å². The lowest BCUT2D eigenvalue weighted by atomic mass is 10.1. The Labute approximate surface area is 111 Å². The third-order valence-corrected chi connectivity index (χ3v) is 2.24. The van der Waals surface area contributed by atoms with E-state index in [4.69, 9.17) is 0 Å². The number of hydrogen-bond acceptors (Lipinski definition) is 4. The van der Waals surface area contributed by atoms with E-state index in [9.17, 15) is 27.5 Å². The van der Waals surface area contributed by atoms with Gasteiger partial charge in [0.15, 0.2) is 0 Å². The molecule has 0 bridgehead atoms. The summed E-state index contributed by atoms with van der Waals surface area (Å²) in [7, 11) is 0. The van der Waals surface area contributed by atoms with Gasteiger partial charge >= 0.3 is 12.3 Å². The molecule has 8 heteroatoms. The summed E-state index contributed by atoms with van der Waals surface area (Å²) in [5, 5.41) is 9.57. The Morgan fingerprint density at radius 3 is 2.30 bits per heavy atom. The second-order valence-electron chi connectivity index (χ2n) is 3.72. The van der Waals surface area contributed by atoms with Crippen LogP contribution in [0.4, 0.5) is 17.6 Å². The molecule has 0 saturated carbocycles. The number of rotatable bonds is 5. The van der Waals surface area contributed by atoms with Gasteiger partial charge < -0.3 is 14.6 Å². The largest absolute Gasteiger partial charge is 0.573 e. The van der Waals surface area contributed by atoms with E-state index in [0.717, 1.165) is 24.3 Å². The number of esters is 1. The van der Waals surface area contributed by atoms with Crippen LogP contribution in [0.5, 0.6) is 5.75 Å². The van der Waals surface area contributed by atoms with E-state index in [0.29, 0.717) is 0 Å². The first-order valence-corrected chi connectivity index (χ1v) is 5.59. The third-order valence-electron chi connectivity index (χ3n) is 2.24. The van der Waals surface area contributed by atoms with Crippen LogP contribution < -0.4 is 4.74 Å². The normalized spacial score (nSPS) is 14.5. The highest BCUT2D eigenvalue weighted by atomic mass is 19.4.